The molecule has 0 aromatic heterocycles. The summed E-state index contributed by atoms with van der Waals surface area (Å²) in [4.78, 5) is 0. The Morgan fingerprint density at radius 2 is 2.06 bits per heavy atom. The Hall–Kier alpha value is -0.890. The van der Waals surface area contributed by atoms with Crippen LogP contribution in [0.25, 0.3) is 0 Å². The van der Waals surface area contributed by atoms with Crippen LogP contribution in [0.15, 0.2) is 24.3 Å². The van der Waals surface area contributed by atoms with Gasteiger partial charge in [-0.3, -0.25) is 0 Å². The van der Waals surface area contributed by atoms with E-state index >= 15 is 0 Å². The van der Waals surface area contributed by atoms with Crippen molar-refractivity contribution in [3.63, 3.8) is 0 Å². The normalized spacial score (nSPS) is 23.8. The molecule has 18 heavy (non-hydrogen) atoms. The van der Waals surface area contributed by atoms with Crippen molar-refractivity contribution in [2.75, 3.05) is 13.1 Å². The van der Waals surface area contributed by atoms with Gasteiger partial charge in [0.25, 0.3) is 0 Å². The molecule has 0 radical (unpaired) electrons. The summed E-state index contributed by atoms with van der Waals surface area (Å²) in [6, 6.07) is 7.28. The number of hydrogen-bond acceptors (Lipinski definition) is 1. The van der Waals surface area contributed by atoms with Gasteiger partial charge in [0.1, 0.15) is 5.82 Å². The number of rotatable bonds is 5. The minimum absolute atomic E-state index is 0.0294. The molecule has 1 saturated carbocycles. The molecule has 1 aromatic carbocycles. The van der Waals surface area contributed by atoms with Crippen molar-refractivity contribution in [3.05, 3.63) is 35.6 Å². The maximum absolute atomic E-state index is 13.8. The summed E-state index contributed by atoms with van der Waals surface area (Å²) in [6.07, 6.45) is 3.59. The summed E-state index contributed by atoms with van der Waals surface area (Å²) >= 11 is 0. The van der Waals surface area contributed by atoms with Crippen LogP contribution < -0.4 is 5.32 Å². The predicted octanol–water partition coefficient (Wildman–Crippen LogP) is 3.96. The highest BCUT2D eigenvalue weighted by atomic mass is 19.1. The minimum atomic E-state index is -0.0294. The number of nitrogens with one attached hydrogen (secondary N) is 1. The van der Waals surface area contributed by atoms with Crippen LogP contribution in [0.3, 0.4) is 0 Å². The second kappa shape index (κ2) is 6.33. The average molecular weight is 249 g/mol. The molecule has 2 rings (SSSR count). The Kier molecular flexibility index (Phi) is 4.76. The molecule has 1 fully saturated rings. The SMILES string of the molecule is CC(C)CNCC1CCCC1c1ccccc1F. The third-order valence-electron chi connectivity index (χ3n) is 3.92. The van der Waals surface area contributed by atoms with Crippen molar-refractivity contribution in [1.29, 1.82) is 0 Å². The fourth-order valence-corrected chi connectivity index (χ4v) is 3.02. The van der Waals surface area contributed by atoms with Crippen molar-refractivity contribution in [2.45, 2.75) is 39.0 Å². The fraction of sp³-hybridized carbons (Fsp3) is 0.625. The van der Waals surface area contributed by atoms with Crippen molar-refractivity contribution in [3.8, 4) is 0 Å². The first kappa shape index (κ1) is 13.5. The third-order valence-corrected chi connectivity index (χ3v) is 3.92. The Morgan fingerprint density at radius 1 is 1.28 bits per heavy atom. The van der Waals surface area contributed by atoms with E-state index in [9.17, 15) is 4.39 Å². The van der Waals surface area contributed by atoms with E-state index in [2.05, 4.69) is 19.2 Å². The largest absolute Gasteiger partial charge is 0.316 e. The van der Waals surface area contributed by atoms with Gasteiger partial charge in [-0.1, -0.05) is 38.5 Å². The van der Waals surface area contributed by atoms with Crippen LogP contribution in [0, 0.1) is 17.7 Å². The van der Waals surface area contributed by atoms with E-state index in [1.165, 1.54) is 12.8 Å². The summed E-state index contributed by atoms with van der Waals surface area (Å²) in [5.74, 6) is 1.66. The van der Waals surface area contributed by atoms with Gasteiger partial charge in [-0.05, 0) is 55.3 Å². The number of benzene rings is 1. The first-order chi connectivity index (χ1) is 8.68. The Bertz CT molecular complexity index is 375. The van der Waals surface area contributed by atoms with Crippen LogP contribution in [-0.4, -0.2) is 13.1 Å². The number of hydrogen-bond donors (Lipinski definition) is 1. The third kappa shape index (κ3) is 3.32. The quantitative estimate of drug-likeness (QED) is 0.833. The molecule has 0 amide bonds. The molecule has 0 spiro atoms. The first-order valence-electron chi connectivity index (χ1n) is 7.13. The van der Waals surface area contributed by atoms with Crippen LogP contribution in [-0.2, 0) is 0 Å². The van der Waals surface area contributed by atoms with E-state index in [-0.39, 0.29) is 5.82 Å². The zero-order valence-corrected chi connectivity index (χ0v) is 11.5. The van der Waals surface area contributed by atoms with E-state index in [1.54, 1.807) is 12.1 Å². The lowest BCUT2D eigenvalue weighted by molar-refractivity contribution is 0.416. The Morgan fingerprint density at radius 3 is 2.78 bits per heavy atom. The molecule has 1 aliphatic carbocycles. The fourth-order valence-electron chi connectivity index (χ4n) is 3.02. The minimum Gasteiger partial charge on any atom is -0.316 e. The molecule has 100 valence electrons. The molecule has 0 saturated heterocycles. The smallest absolute Gasteiger partial charge is 0.126 e. The molecule has 2 heteroatoms. The van der Waals surface area contributed by atoms with Crippen LogP contribution >= 0.6 is 0 Å². The van der Waals surface area contributed by atoms with Crippen LogP contribution in [0.2, 0.25) is 0 Å². The lowest BCUT2D eigenvalue weighted by Gasteiger charge is -2.21. The van der Waals surface area contributed by atoms with Crippen molar-refractivity contribution < 1.29 is 4.39 Å². The lowest BCUT2D eigenvalue weighted by atomic mass is 9.88. The maximum atomic E-state index is 13.8. The molecule has 1 N–H and O–H groups in total. The summed E-state index contributed by atoms with van der Waals surface area (Å²) in [6.45, 7) is 6.52. The van der Waals surface area contributed by atoms with E-state index in [1.807, 2.05) is 12.1 Å². The molecule has 0 aliphatic heterocycles. The molecule has 2 atom stereocenters. The van der Waals surface area contributed by atoms with Gasteiger partial charge in [0.15, 0.2) is 0 Å². The summed E-state index contributed by atoms with van der Waals surface area (Å²) in [5.41, 5.74) is 0.923. The lowest BCUT2D eigenvalue weighted by Crippen LogP contribution is -2.27. The van der Waals surface area contributed by atoms with Crippen LogP contribution in [0.5, 0.6) is 0 Å². The zero-order valence-electron chi connectivity index (χ0n) is 11.5. The second-order valence-corrected chi connectivity index (χ2v) is 5.87. The average Bonchev–Trinajstić information content (AvgIpc) is 2.77. The van der Waals surface area contributed by atoms with E-state index in [0.717, 1.165) is 25.1 Å². The van der Waals surface area contributed by atoms with Crippen LogP contribution in [0.4, 0.5) is 4.39 Å². The van der Waals surface area contributed by atoms with Crippen LogP contribution in [0.1, 0.15) is 44.6 Å². The molecule has 2 unspecified atom stereocenters. The van der Waals surface area contributed by atoms with Gasteiger partial charge >= 0.3 is 0 Å². The highest BCUT2D eigenvalue weighted by Crippen LogP contribution is 2.40. The molecule has 1 aliphatic rings. The monoisotopic (exact) mass is 249 g/mol. The van der Waals surface area contributed by atoms with Gasteiger partial charge in [-0.25, -0.2) is 4.39 Å². The van der Waals surface area contributed by atoms with Gasteiger partial charge < -0.3 is 5.32 Å². The summed E-state index contributed by atoms with van der Waals surface area (Å²) in [7, 11) is 0. The molecular formula is C16H24FN. The highest BCUT2D eigenvalue weighted by molar-refractivity contribution is 5.23. The van der Waals surface area contributed by atoms with Crippen molar-refractivity contribution >= 4 is 0 Å². The second-order valence-electron chi connectivity index (χ2n) is 5.87. The molecule has 0 bridgehead atoms. The first-order valence-corrected chi connectivity index (χ1v) is 7.13. The highest BCUT2D eigenvalue weighted by Gasteiger charge is 2.29. The Labute approximate surface area is 110 Å². The topological polar surface area (TPSA) is 12.0 Å². The molecule has 1 aromatic rings. The summed E-state index contributed by atoms with van der Waals surface area (Å²) < 4.78 is 13.8. The Balaban J connectivity index is 1.97. The predicted molar refractivity (Wildman–Crippen MR) is 74.2 cm³/mol. The standard InChI is InChI=1S/C16H24FN/c1-12(2)10-18-11-13-6-5-8-14(13)15-7-3-4-9-16(15)17/h3-4,7,9,12-14,18H,5-6,8,10-11H2,1-2H3. The van der Waals surface area contributed by atoms with Crippen molar-refractivity contribution in [2.24, 2.45) is 11.8 Å². The molecular weight excluding hydrogens is 225 g/mol. The number of halogens is 1. The van der Waals surface area contributed by atoms with E-state index in [0.29, 0.717) is 17.8 Å². The summed E-state index contributed by atoms with van der Waals surface area (Å²) in [5, 5.41) is 3.52. The van der Waals surface area contributed by atoms with E-state index in [4.69, 9.17) is 0 Å². The molecule has 0 heterocycles. The van der Waals surface area contributed by atoms with Gasteiger partial charge in [0, 0.05) is 0 Å². The van der Waals surface area contributed by atoms with Gasteiger partial charge in [-0.15, -0.1) is 0 Å². The van der Waals surface area contributed by atoms with Gasteiger partial charge in [0.2, 0.25) is 0 Å². The molecule has 1 nitrogen and oxygen atoms in total. The van der Waals surface area contributed by atoms with E-state index < -0.39 is 0 Å². The maximum Gasteiger partial charge on any atom is 0.126 e. The van der Waals surface area contributed by atoms with Gasteiger partial charge in [0.05, 0.1) is 0 Å². The van der Waals surface area contributed by atoms with Crippen molar-refractivity contribution in [1.82, 2.24) is 5.32 Å². The zero-order chi connectivity index (χ0) is 13.0. The van der Waals surface area contributed by atoms with Gasteiger partial charge in [-0.2, -0.15) is 0 Å².